The Hall–Kier alpha value is -2.95. The third-order valence-electron chi connectivity index (χ3n) is 6.60. The first-order valence-corrected chi connectivity index (χ1v) is 11.7. The Kier molecular flexibility index (Phi) is 6.33. The van der Waals surface area contributed by atoms with Gasteiger partial charge in [0, 0.05) is 32.2 Å². The van der Waals surface area contributed by atoms with Crippen molar-refractivity contribution in [1.82, 2.24) is 15.1 Å². The Balaban J connectivity index is 1.35. The maximum atomic E-state index is 13.2. The minimum Gasteiger partial charge on any atom is -0.352 e. The summed E-state index contributed by atoms with van der Waals surface area (Å²) in [6.45, 7) is 3.59. The molecule has 1 aliphatic carbocycles. The van der Waals surface area contributed by atoms with E-state index in [0.717, 1.165) is 44.6 Å². The lowest BCUT2D eigenvalue weighted by Gasteiger charge is -2.42. The Labute approximate surface area is 190 Å². The first-order valence-electron chi connectivity index (χ1n) is 11.7. The van der Waals surface area contributed by atoms with Gasteiger partial charge in [-0.2, -0.15) is 0 Å². The van der Waals surface area contributed by atoms with Crippen molar-refractivity contribution < 1.29 is 4.79 Å². The van der Waals surface area contributed by atoms with Crippen LogP contribution in [0.15, 0.2) is 91.0 Å². The Morgan fingerprint density at radius 2 is 1.09 bits per heavy atom. The standard InChI is InChI=1S/C28H31N3O/c32-28(29-25-16-17-25)27(24-14-8-3-9-15-24)31-20-18-30(19-21-31)26(22-10-4-1-5-11-22)23-12-6-2-7-13-23/h1-15,25-27H,16-21H2,(H,29,32)/t27-/m0/s1. The quantitative estimate of drug-likeness (QED) is 0.609. The lowest BCUT2D eigenvalue weighted by Crippen LogP contribution is -2.52. The molecule has 0 radical (unpaired) electrons. The monoisotopic (exact) mass is 425 g/mol. The zero-order chi connectivity index (χ0) is 21.8. The molecule has 1 amide bonds. The van der Waals surface area contributed by atoms with Crippen LogP contribution in [0.4, 0.5) is 0 Å². The van der Waals surface area contributed by atoms with Gasteiger partial charge >= 0.3 is 0 Å². The predicted molar refractivity (Wildman–Crippen MR) is 128 cm³/mol. The van der Waals surface area contributed by atoms with Gasteiger partial charge in [0.05, 0.1) is 6.04 Å². The molecule has 3 aromatic rings. The van der Waals surface area contributed by atoms with Crippen LogP contribution in [0.25, 0.3) is 0 Å². The molecule has 1 saturated carbocycles. The summed E-state index contributed by atoms with van der Waals surface area (Å²) in [7, 11) is 0. The number of carbonyl (C=O) groups is 1. The van der Waals surface area contributed by atoms with E-state index in [1.54, 1.807) is 0 Å². The summed E-state index contributed by atoms with van der Waals surface area (Å²) in [5, 5.41) is 3.24. The summed E-state index contributed by atoms with van der Waals surface area (Å²) in [6.07, 6.45) is 2.22. The second-order valence-corrected chi connectivity index (χ2v) is 8.89. The number of nitrogens with one attached hydrogen (secondary N) is 1. The molecule has 1 heterocycles. The van der Waals surface area contributed by atoms with Gasteiger partial charge in [-0.3, -0.25) is 14.6 Å². The summed E-state index contributed by atoms with van der Waals surface area (Å²) >= 11 is 0. The summed E-state index contributed by atoms with van der Waals surface area (Å²) < 4.78 is 0. The number of carbonyl (C=O) groups excluding carboxylic acids is 1. The van der Waals surface area contributed by atoms with E-state index >= 15 is 0 Å². The van der Waals surface area contributed by atoms with Crippen LogP contribution < -0.4 is 5.32 Å². The van der Waals surface area contributed by atoms with Crippen molar-refractivity contribution in [3.63, 3.8) is 0 Å². The van der Waals surface area contributed by atoms with Crippen LogP contribution >= 0.6 is 0 Å². The predicted octanol–water partition coefficient (Wildman–Crippen LogP) is 4.41. The van der Waals surface area contributed by atoms with Gasteiger partial charge in [-0.15, -0.1) is 0 Å². The van der Waals surface area contributed by atoms with Crippen LogP contribution in [-0.4, -0.2) is 47.9 Å². The van der Waals surface area contributed by atoms with Gasteiger partial charge in [0.1, 0.15) is 6.04 Å². The highest BCUT2D eigenvalue weighted by Gasteiger charge is 2.35. The molecule has 0 aromatic heterocycles. The molecule has 0 spiro atoms. The van der Waals surface area contributed by atoms with E-state index in [1.165, 1.54) is 11.1 Å². The maximum Gasteiger partial charge on any atom is 0.242 e. The van der Waals surface area contributed by atoms with Crippen molar-refractivity contribution in [3.8, 4) is 0 Å². The van der Waals surface area contributed by atoms with Gasteiger partial charge in [0.15, 0.2) is 0 Å². The van der Waals surface area contributed by atoms with Crippen molar-refractivity contribution in [2.45, 2.75) is 31.0 Å². The number of benzene rings is 3. The Morgan fingerprint density at radius 1 is 0.656 bits per heavy atom. The molecular weight excluding hydrogens is 394 g/mol. The molecule has 1 atom stereocenters. The molecule has 1 saturated heterocycles. The average molecular weight is 426 g/mol. The van der Waals surface area contributed by atoms with Crippen LogP contribution in [-0.2, 0) is 4.79 Å². The largest absolute Gasteiger partial charge is 0.352 e. The van der Waals surface area contributed by atoms with E-state index in [1.807, 2.05) is 18.2 Å². The Morgan fingerprint density at radius 3 is 1.56 bits per heavy atom. The van der Waals surface area contributed by atoms with Crippen LogP contribution in [0, 0.1) is 0 Å². The molecule has 2 fully saturated rings. The van der Waals surface area contributed by atoms with E-state index in [2.05, 4.69) is 87.9 Å². The minimum atomic E-state index is -0.217. The van der Waals surface area contributed by atoms with E-state index in [0.29, 0.717) is 6.04 Å². The van der Waals surface area contributed by atoms with Gasteiger partial charge < -0.3 is 5.32 Å². The normalized spacial score (nSPS) is 18.4. The number of amides is 1. The summed E-state index contributed by atoms with van der Waals surface area (Å²) in [6, 6.07) is 32.2. The van der Waals surface area contributed by atoms with Gasteiger partial charge in [-0.1, -0.05) is 91.0 Å². The van der Waals surface area contributed by atoms with Gasteiger partial charge in [0.25, 0.3) is 0 Å². The van der Waals surface area contributed by atoms with Crippen molar-refractivity contribution in [2.24, 2.45) is 0 Å². The molecule has 5 rings (SSSR count). The first-order chi connectivity index (χ1) is 15.8. The third kappa shape index (κ3) is 4.77. The maximum absolute atomic E-state index is 13.2. The molecule has 32 heavy (non-hydrogen) atoms. The first kappa shape index (κ1) is 20.9. The molecule has 164 valence electrons. The second-order valence-electron chi connectivity index (χ2n) is 8.89. The summed E-state index contributed by atoms with van der Waals surface area (Å²) in [5.41, 5.74) is 3.72. The molecule has 4 nitrogen and oxygen atoms in total. The molecule has 2 aliphatic rings. The summed E-state index contributed by atoms with van der Waals surface area (Å²) in [4.78, 5) is 18.1. The number of rotatable bonds is 7. The number of piperazine rings is 1. The van der Waals surface area contributed by atoms with Crippen LogP contribution in [0.1, 0.15) is 41.6 Å². The minimum absolute atomic E-state index is 0.148. The summed E-state index contributed by atoms with van der Waals surface area (Å²) in [5.74, 6) is 0.148. The van der Waals surface area contributed by atoms with E-state index in [9.17, 15) is 4.79 Å². The van der Waals surface area contributed by atoms with E-state index in [4.69, 9.17) is 0 Å². The molecule has 1 N–H and O–H groups in total. The highest BCUT2D eigenvalue weighted by atomic mass is 16.2. The zero-order valence-corrected chi connectivity index (χ0v) is 18.4. The topological polar surface area (TPSA) is 35.6 Å². The highest BCUT2D eigenvalue weighted by molar-refractivity contribution is 5.83. The van der Waals surface area contributed by atoms with Crippen LogP contribution in [0.5, 0.6) is 0 Å². The average Bonchev–Trinajstić information content (AvgIpc) is 3.67. The fourth-order valence-corrected chi connectivity index (χ4v) is 4.81. The van der Waals surface area contributed by atoms with Crippen molar-refractivity contribution in [2.75, 3.05) is 26.2 Å². The molecular formula is C28H31N3O. The smallest absolute Gasteiger partial charge is 0.242 e. The van der Waals surface area contributed by atoms with E-state index < -0.39 is 0 Å². The van der Waals surface area contributed by atoms with Crippen molar-refractivity contribution >= 4 is 5.91 Å². The van der Waals surface area contributed by atoms with Crippen LogP contribution in [0.2, 0.25) is 0 Å². The lowest BCUT2D eigenvalue weighted by atomic mass is 9.96. The molecule has 4 heteroatoms. The number of hydrogen-bond acceptors (Lipinski definition) is 3. The Bertz CT molecular complexity index is 957. The molecule has 0 bridgehead atoms. The second kappa shape index (κ2) is 9.68. The highest BCUT2D eigenvalue weighted by Crippen LogP contribution is 2.32. The van der Waals surface area contributed by atoms with E-state index in [-0.39, 0.29) is 18.0 Å². The molecule has 3 aromatic carbocycles. The van der Waals surface area contributed by atoms with Gasteiger partial charge in [0.2, 0.25) is 5.91 Å². The van der Waals surface area contributed by atoms with Gasteiger partial charge in [-0.05, 0) is 29.5 Å². The number of nitrogens with zero attached hydrogens (tertiary/aromatic N) is 2. The van der Waals surface area contributed by atoms with Crippen LogP contribution in [0.3, 0.4) is 0 Å². The van der Waals surface area contributed by atoms with Crippen molar-refractivity contribution in [3.05, 3.63) is 108 Å². The molecule has 0 unspecified atom stereocenters. The van der Waals surface area contributed by atoms with Gasteiger partial charge in [-0.25, -0.2) is 0 Å². The fraction of sp³-hybridized carbons (Fsp3) is 0.321. The number of hydrogen-bond donors (Lipinski definition) is 1. The zero-order valence-electron chi connectivity index (χ0n) is 18.4. The SMILES string of the molecule is O=C(NC1CC1)[C@H](c1ccccc1)N1CCN(C(c2ccccc2)c2ccccc2)CC1. The van der Waals surface area contributed by atoms with Crippen molar-refractivity contribution in [1.29, 1.82) is 0 Å². The fourth-order valence-electron chi connectivity index (χ4n) is 4.81. The third-order valence-corrected chi connectivity index (χ3v) is 6.60. The lowest BCUT2D eigenvalue weighted by molar-refractivity contribution is -0.127. The molecule has 1 aliphatic heterocycles.